The summed E-state index contributed by atoms with van der Waals surface area (Å²) in [6.45, 7) is 2.34. The number of carbonyl (C=O) groups excluding carboxylic acids is 1. The molecule has 0 aromatic carbocycles. The standard InChI is InChI=1S/C9H15NO4/c1-3-4-9(7(11)14-2)5-6-10(9)8(12)13/h3-6H2,1-2H3,(H,12,13). The average molecular weight is 201 g/mol. The van der Waals surface area contributed by atoms with Gasteiger partial charge in [0.25, 0.3) is 0 Å². The van der Waals surface area contributed by atoms with Gasteiger partial charge in [0.2, 0.25) is 0 Å². The minimum atomic E-state index is -1.05. The van der Waals surface area contributed by atoms with Crippen LogP contribution in [0.2, 0.25) is 0 Å². The zero-order valence-electron chi connectivity index (χ0n) is 8.45. The summed E-state index contributed by atoms with van der Waals surface area (Å²) in [6, 6.07) is 0. The number of likely N-dealkylation sites (tertiary alicyclic amines) is 1. The fraction of sp³-hybridized carbons (Fsp3) is 0.778. The van der Waals surface area contributed by atoms with Crippen LogP contribution in [0.4, 0.5) is 4.79 Å². The minimum absolute atomic E-state index is 0.421. The summed E-state index contributed by atoms with van der Waals surface area (Å²) in [7, 11) is 1.29. The molecule has 1 unspecified atom stereocenters. The van der Waals surface area contributed by atoms with Crippen LogP contribution in [0.25, 0.3) is 0 Å². The molecular weight excluding hydrogens is 186 g/mol. The van der Waals surface area contributed by atoms with Gasteiger partial charge in [-0.05, 0) is 12.8 Å². The van der Waals surface area contributed by atoms with Gasteiger partial charge in [0.15, 0.2) is 0 Å². The van der Waals surface area contributed by atoms with E-state index in [1.54, 1.807) is 0 Å². The molecule has 0 bridgehead atoms. The first-order valence-corrected chi connectivity index (χ1v) is 4.67. The summed E-state index contributed by atoms with van der Waals surface area (Å²) >= 11 is 0. The lowest BCUT2D eigenvalue weighted by Gasteiger charge is -2.48. The van der Waals surface area contributed by atoms with Gasteiger partial charge in [-0.15, -0.1) is 0 Å². The van der Waals surface area contributed by atoms with Crippen LogP contribution in [0.3, 0.4) is 0 Å². The van der Waals surface area contributed by atoms with Crippen molar-refractivity contribution in [3.05, 3.63) is 0 Å². The maximum Gasteiger partial charge on any atom is 0.408 e. The molecule has 0 radical (unpaired) electrons. The van der Waals surface area contributed by atoms with E-state index < -0.39 is 17.6 Å². The van der Waals surface area contributed by atoms with E-state index in [4.69, 9.17) is 5.11 Å². The molecule has 0 spiro atoms. The fourth-order valence-electron chi connectivity index (χ4n) is 1.95. The van der Waals surface area contributed by atoms with Crippen LogP contribution in [0.15, 0.2) is 0 Å². The van der Waals surface area contributed by atoms with E-state index in [0.29, 0.717) is 19.4 Å². The second-order valence-electron chi connectivity index (χ2n) is 3.46. The maximum atomic E-state index is 11.5. The van der Waals surface area contributed by atoms with Gasteiger partial charge in [0, 0.05) is 6.54 Å². The molecule has 1 aliphatic rings. The Morgan fingerprint density at radius 1 is 1.57 bits per heavy atom. The van der Waals surface area contributed by atoms with Gasteiger partial charge in [0.05, 0.1) is 7.11 Å². The van der Waals surface area contributed by atoms with E-state index in [-0.39, 0.29) is 0 Å². The minimum Gasteiger partial charge on any atom is -0.467 e. The molecule has 14 heavy (non-hydrogen) atoms. The van der Waals surface area contributed by atoms with Crippen LogP contribution >= 0.6 is 0 Å². The largest absolute Gasteiger partial charge is 0.467 e. The molecule has 1 atom stereocenters. The fourth-order valence-corrected chi connectivity index (χ4v) is 1.95. The van der Waals surface area contributed by atoms with E-state index in [1.807, 2.05) is 6.92 Å². The number of ether oxygens (including phenoxy) is 1. The number of esters is 1. The molecule has 0 aromatic heterocycles. The lowest BCUT2D eigenvalue weighted by Crippen LogP contribution is -2.66. The Morgan fingerprint density at radius 3 is 2.50 bits per heavy atom. The molecule has 1 amide bonds. The number of amides is 1. The Labute approximate surface area is 82.6 Å². The quantitative estimate of drug-likeness (QED) is 0.694. The second-order valence-corrected chi connectivity index (χ2v) is 3.46. The third kappa shape index (κ3) is 1.42. The van der Waals surface area contributed by atoms with Crippen molar-refractivity contribution in [1.82, 2.24) is 4.90 Å². The van der Waals surface area contributed by atoms with Crippen LogP contribution in [0.1, 0.15) is 26.2 Å². The van der Waals surface area contributed by atoms with Crippen LogP contribution < -0.4 is 0 Å². The molecule has 5 heteroatoms. The smallest absolute Gasteiger partial charge is 0.408 e. The molecule has 0 aliphatic carbocycles. The monoisotopic (exact) mass is 201 g/mol. The lowest BCUT2D eigenvalue weighted by molar-refractivity contribution is -0.163. The molecule has 1 heterocycles. The zero-order valence-corrected chi connectivity index (χ0v) is 8.45. The summed E-state index contributed by atoms with van der Waals surface area (Å²) in [6.07, 6.45) is 0.820. The number of hydrogen-bond donors (Lipinski definition) is 1. The highest BCUT2D eigenvalue weighted by Gasteiger charge is 2.53. The van der Waals surface area contributed by atoms with Gasteiger partial charge in [-0.2, -0.15) is 0 Å². The third-order valence-electron chi connectivity index (χ3n) is 2.73. The molecule has 1 saturated heterocycles. The van der Waals surface area contributed by atoms with Crippen molar-refractivity contribution in [2.45, 2.75) is 31.7 Å². The van der Waals surface area contributed by atoms with Gasteiger partial charge in [-0.3, -0.25) is 4.90 Å². The summed E-state index contributed by atoms with van der Waals surface area (Å²) in [4.78, 5) is 23.5. The molecule has 5 nitrogen and oxygen atoms in total. The first kappa shape index (κ1) is 10.8. The number of methoxy groups -OCH3 is 1. The first-order chi connectivity index (χ1) is 6.58. The maximum absolute atomic E-state index is 11.5. The van der Waals surface area contributed by atoms with Crippen molar-refractivity contribution in [1.29, 1.82) is 0 Å². The van der Waals surface area contributed by atoms with Gasteiger partial charge < -0.3 is 9.84 Å². The summed E-state index contributed by atoms with van der Waals surface area (Å²) in [5.41, 5.74) is -0.907. The topological polar surface area (TPSA) is 66.8 Å². The van der Waals surface area contributed by atoms with Gasteiger partial charge in [-0.25, -0.2) is 9.59 Å². The zero-order chi connectivity index (χ0) is 10.8. The average Bonchev–Trinajstić information content (AvgIpc) is 2.10. The lowest BCUT2D eigenvalue weighted by atomic mass is 9.81. The molecule has 1 fully saturated rings. The Hall–Kier alpha value is -1.26. The molecule has 1 N–H and O–H groups in total. The molecule has 1 rings (SSSR count). The normalized spacial score (nSPS) is 25.4. The highest BCUT2D eigenvalue weighted by molar-refractivity contribution is 5.87. The third-order valence-corrected chi connectivity index (χ3v) is 2.73. The van der Waals surface area contributed by atoms with Crippen LogP contribution in [-0.2, 0) is 9.53 Å². The van der Waals surface area contributed by atoms with Crippen LogP contribution in [0.5, 0.6) is 0 Å². The van der Waals surface area contributed by atoms with E-state index >= 15 is 0 Å². The molecule has 1 aliphatic heterocycles. The SMILES string of the molecule is CCCC1(C(=O)OC)CCN1C(=O)O. The molecule has 0 aromatic rings. The van der Waals surface area contributed by atoms with Gasteiger partial charge >= 0.3 is 12.1 Å². The Morgan fingerprint density at radius 2 is 2.21 bits per heavy atom. The Balaban J connectivity index is 2.83. The van der Waals surface area contributed by atoms with E-state index in [2.05, 4.69) is 4.74 Å². The van der Waals surface area contributed by atoms with Crippen molar-refractivity contribution < 1.29 is 19.4 Å². The van der Waals surface area contributed by atoms with Crippen molar-refractivity contribution in [2.24, 2.45) is 0 Å². The molecule has 80 valence electrons. The molecular formula is C9H15NO4. The van der Waals surface area contributed by atoms with E-state index in [9.17, 15) is 9.59 Å². The van der Waals surface area contributed by atoms with Crippen molar-refractivity contribution >= 4 is 12.1 Å². The predicted octanol–water partition coefficient (Wildman–Crippen LogP) is 1.08. The number of carbonyl (C=O) groups is 2. The summed E-state index contributed by atoms with van der Waals surface area (Å²) in [5, 5.41) is 8.86. The summed E-state index contributed by atoms with van der Waals surface area (Å²) in [5.74, 6) is -0.437. The highest BCUT2D eigenvalue weighted by Crippen LogP contribution is 2.36. The van der Waals surface area contributed by atoms with Crippen LogP contribution in [0, 0.1) is 0 Å². The van der Waals surface area contributed by atoms with Crippen molar-refractivity contribution in [2.75, 3.05) is 13.7 Å². The van der Waals surface area contributed by atoms with Gasteiger partial charge in [0.1, 0.15) is 5.54 Å². The number of rotatable bonds is 3. The molecule has 0 saturated carbocycles. The number of nitrogens with zero attached hydrogens (tertiary/aromatic N) is 1. The van der Waals surface area contributed by atoms with E-state index in [1.165, 1.54) is 12.0 Å². The second kappa shape index (κ2) is 3.86. The van der Waals surface area contributed by atoms with Crippen molar-refractivity contribution in [3.8, 4) is 0 Å². The Bertz CT molecular complexity index is 253. The Kier molecular flexibility index (Phi) is 2.98. The van der Waals surface area contributed by atoms with E-state index in [0.717, 1.165) is 6.42 Å². The summed E-state index contributed by atoms with van der Waals surface area (Å²) < 4.78 is 4.65. The van der Waals surface area contributed by atoms with Gasteiger partial charge in [-0.1, -0.05) is 13.3 Å². The predicted molar refractivity (Wildman–Crippen MR) is 49.0 cm³/mol. The van der Waals surface area contributed by atoms with Crippen molar-refractivity contribution in [3.63, 3.8) is 0 Å². The number of carboxylic acid groups (broad SMARTS) is 1. The van der Waals surface area contributed by atoms with Crippen LogP contribution in [-0.4, -0.2) is 41.3 Å². The highest BCUT2D eigenvalue weighted by atomic mass is 16.5. The number of hydrogen-bond acceptors (Lipinski definition) is 3. The first-order valence-electron chi connectivity index (χ1n) is 4.67.